The minimum atomic E-state index is 0.741. The highest BCUT2D eigenvalue weighted by Crippen LogP contribution is 2.20. The lowest BCUT2D eigenvalue weighted by atomic mass is 9.95. The molecule has 1 heterocycles. The Morgan fingerprint density at radius 2 is 1.94 bits per heavy atom. The third-order valence-corrected chi connectivity index (χ3v) is 3.70. The molecule has 1 aliphatic rings. The Kier molecular flexibility index (Phi) is 6.32. The normalized spacial score (nSPS) is 21.6. The molecule has 1 fully saturated rings. The number of hydrogen-bond donors (Lipinski definition) is 1. The number of nitrogens with zero attached hydrogens (tertiary/aromatic N) is 2. The van der Waals surface area contributed by atoms with Crippen molar-refractivity contribution in [3.05, 3.63) is 0 Å². The molecule has 1 rings (SSSR count). The Hall–Kier alpha value is -0.120. The monoisotopic (exact) mass is 227 g/mol. The predicted molar refractivity (Wildman–Crippen MR) is 70.9 cm³/mol. The Morgan fingerprint density at radius 3 is 2.38 bits per heavy atom. The van der Waals surface area contributed by atoms with Crippen molar-refractivity contribution in [2.75, 3.05) is 47.3 Å². The quantitative estimate of drug-likeness (QED) is 0.737. The summed E-state index contributed by atoms with van der Waals surface area (Å²) in [5, 5.41) is 3.31. The molecule has 0 aliphatic carbocycles. The summed E-state index contributed by atoms with van der Waals surface area (Å²) in [5.41, 5.74) is 0. The number of likely N-dealkylation sites (N-methyl/N-ethyl adjacent to an activating group) is 1. The number of hydrogen-bond acceptors (Lipinski definition) is 3. The molecular formula is C13H29N3. The van der Waals surface area contributed by atoms with Gasteiger partial charge in [0.1, 0.15) is 0 Å². The van der Waals surface area contributed by atoms with E-state index in [1.54, 1.807) is 0 Å². The van der Waals surface area contributed by atoms with E-state index in [2.05, 4.69) is 43.2 Å². The second kappa shape index (κ2) is 7.25. The number of nitrogens with one attached hydrogen (secondary N) is 1. The SMILES string of the molecule is CCC(CNC)N1CCC(CN(C)C)CC1. The van der Waals surface area contributed by atoms with Crippen molar-refractivity contribution >= 4 is 0 Å². The van der Waals surface area contributed by atoms with Gasteiger partial charge < -0.3 is 10.2 Å². The molecule has 1 atom stereocenters. The van der Waals surface area contributed by atoms with E-state index in [9.17, 15) is 0 Å². The van der Waals surface area contributed by atoms with Crippen LogP contribution in [0.4, 0.5) is 0 Å². The van der Waals surface area contributed by atoms with Gasteiger partial charge in [0.05, 0.1) is 0 Å². The molecule has 0 amide bonds. The van der Waals surface area contributed by atoms with E-state index >= 15 is 0 Å². The average Bonchev–Trinajstić information content (AvgIpc) is 2.26. The first-order chi connectivity index (χ1) is 7.67. The number of rotatable bonds is 6. The molecule has 0 spiro atoms. The predicted octanol–water partition coefficient (Wildman–Crippen LogP) is 1.26. The van der Waals surface area contributed by atoms with Crippen LogP contribution >= 0.6 is 0 Å². The number of likely N-dealkylation sites (tertiary alicyclic amines) is 1. The van der Waals surface area contributed by atoms with Gasteiger partial charge in [-0.1, -0.05) is 6.92 Å². The first kappa shape index (κ1) is 13.9. The molecule has 0 aromatic carbocycles. The van der Waals surface area contributed by atoms with Gasteiger partial charge in [0, 0.05) is 19.1 Å². The molecule has 0 bridgehead atoms. The van der Waals surface area contributed by atoms with Crippen LogP contribution in [-0.4, -0.2) is 63.2 Å². The van der Waals surface area contributed by atoms with Gasteiger partial charge in [0.15, 0.2) is 0 Å². The topological polar surface area (TPSA) is 18.5 Å². The zero-order valence-electron chi connectivity index (χ0n) is 11.5. The van der Waals surface area contributed by atoms with Crippen molar-refractivity contribution in [1.29, 1.82) is 0 Å². The van der Waals surface area contributed by atoms with Gasteiger partial charge >= 0.3 is 0 Å². The van der Waals surface area contributed by atoms with Crippen LogP contribution in [-0.2, 0) is 0 Å². The Balaban J connectivity index is 2.29. The average molecular weight is 227 g/mol. The summed E-state index contributed by atoms with van der Waals surface area (Å²) in [6.07, 6.45) is 4.01. The summed E-state index contributed by atoms with van der Waals surface area (Å²) < 4.78 is 0. The van der Waals surface area contributed by atoms with Crippen molar-refractivity contribution in [3.63, 3.8) is 0 Å². The largest absolute Gasteiger partial charge is 0.318 e. The lowest BCUT2D eigenvalue weighted by Gasteiger charge is -2.38. The molecule has 0 saturated carbocycles. The highest BCUT2D eigenvalue weighted by Gasteiger charge is 2.23. The second-order valence-corrected chi connectivity index (χ2v) is 5.36. The smallest absolute Gasteiger partial charge is 0.0217 e. The molecule has 1 aliphatic heterocycles. The molecule has 3 heteroatoms. The minimum Gasteiger partial charge on any atom is -0.318 e. The number of piperidine rings is 1. The maximum absolute atomic E-state index is 3.31. The fourth-order valence-corrected chi connectivity index (χ4v) is 2.78. The summed E-state index contributed by atoms with van der Waals surface area (Å²) in [4.78, 5) is 4.99. The van der Waals surface area contributed by atoms with Gasteiger partial charge in [-0.2, -0.15) is 0 Å². The molecule has 1 N–H and O–H groups in total. The molecule has 3 nitrogen and oxygen atoms in total. The first-order valence-electron chi connectivity index (χ1n) is 6.70. The minimum absolute atomic E-state index is 0.741. The van der Waals surface area contributed by atoms with Gasteiger partial charge in [-0.25, -0.2) is 0 Å². The van der Waals surface area contributed by atoms with Gasteiger partial charge in [0.25, 0.3) is 0 Å². The summed E-state index contributed by atoms with van der Waals surface area (Å²) in [7, 11) is 6.42. The van der Waals surface area contributed by atoms with Crippen LogP contribution in [0.2, 0.25) is 0 Å². The van der Waals surface area contributed by atoms with E-state index in [0.29, 0.717) is 0 Å². The van der Waals surface area contributed by atoms with Gasteiger partial charge in [-0.05, 0) is 59.4 Å². The summed E-state index contributed by atoms with van der Waals surface area (Å²) >= 11 is 0. The van der Waals surface area contributed by atoms with E-state index in [1.807, 2.05) is 0 Å². The standard InChI is InChI=1S/C13H29N3/c1-5-13(10-14-2)16-8-6-12(7-9-16)11-15(3)4/h12-14H,5-11H2,1-4H3. The Bertz CT molecular complexity index is 174. The fraction of sp³-hybridized carbons (Fsp3) is 1.00. The Labute approximate surface area is 101 Å². The maximum atomic E-state index is 3.31. The zero-order chi connectivity index (χ0) is 12.0. The molecule has 0 radical (unpaired) electrons. The molecule has 1 unspecified atom stereocenters. The lowest BCUT2D eigenvalue weighted by Crippen LogP contribution is -2.46. The lowest BCUT2D eigenvalue weighted by molar-refractivity contribution is 0.117. The molecule has 1 saturated heterocycles. The van der Waals surface area contributed by atoms with E-state index in [-0.39, 0.29) is 0 Å². The van der Waals surface area contributed by atoms with Gasteiger partial charge in [-0.15, -0.1) is 0 Å². The molecule has 96 valence electrons. The fourth-order valence-electron chi connectivity index (χ4n) is 2.78. The van der Waals surface area contributed by atoms with Crippen LogP contribution in [0.1, 0.15) is 26.2 Å². The molecule has 0 aromatic heterocycles. The molecular weight excluding hydrogens is 198 g/mol. The third kappa shape index (κ3) is 4.40. The van der Waals surface area contributed by atoms with Crippen molar-refractivity contribution < 1.29 is 0 Å². The van der Waals surface area contributed by atoms with Crippen LogP contribution < -0.4 is 5.32 Å². The highest BCUT2D eigenvalue weighted by atomic mass is 15.2. The van der Waals surface area contributed by atoms with Crippen LogP contribution in [0, 0.1) is 5.92 Å². The Morgan fingerprint density at radius 1 is 1.31 bits per heavy atom. The third-order valence-electron chi connectivity index (χ3n) is 3.70. The van der Waals surface area contributed by atoms with Crippen LogP contribution in [0.25, 0.3) is 0 Å². The van der Waals surface area contributed by atoms with E-state index in [1.165, 1.54) is 38.9 Å². The second-order valence-electron chi connectivity index (χ2n) is 5.36. The molecule has 0 aromatic rings. The van der Waals surface area contributed by atoms with Crippen molar-refractivity contribution in [2.24, 2.45) is 5.92 Å². The van der Waals surface area contributed by atoms with Gasteiger partial charge in [0.2, 0.25) is 0 Å². The summed E-state index contributed by atoms with van der Waals surface area (Å²) in [6.45, 7) is 7.27. The summed E-state index contributed by atoms with van der Waals surface area (Å²) in [5.74, 6) is 0.915. The highest BCUT2D eigenvalue weighted by molar-refractivity contribution is 4.79. The zero-order valence-corrected chi connectivity index (χ0v) is 11.5. The van der Waals surface area contributed by atoms with Gasteiger partial charge in [-0.3, -0.25) is 4.90 Å². The van der Waals surface area contributed by atoms with Crippen molar-refractivity contribution in [2.45, 2.75) is 32.2 Å². The van der Waals surface area contributed by atoms with Crippen molar-refractivity contribution in [1.82, 2.24) is 15.1 Å². The van der Waals surface area contributed by atoms with Crippen LogP contribution in [0.5, 0.6) is 0 Å². The van der Waals surface area contributed by atoms with Crippen LogP contribution in [0.15, 0.2) is 0 Å². The van der Waals surface area contributed by atoms with E-state index in [4.69, 9.17) is 0 Å². The maximum Gasteiger partial charge on any atom is 0.0217 e. The van der Waals surface area contributed by atoms with Crippen molar-refractivity contribution in [3.8, 4) is 0 Å². The first-order valence-corrected chi connectivity index (χ1v) is 6.70. The summed E-state index contributed by atoms with van der Waals surface area (Å²) in [6, 6.07) is 0.741. The van der Waals surface area contributed by atoms with Crippen LogP contribution in [0.3, 0.4) is 0 Å². The van der Waals surface area contributed by atoms with E-state index < -0.39 is 0 Å². The molecule has 16 heavy (non-hydrogen) atoms. The van der Waals surface area contributed by atoms with E-state index in [0.717, 1.165) is 18.5 Å².